The first-order chi connectivity index (χ1) is 10.2. The van der Waals surface area contributed by atoms with E-state index in [1.54, 1.807) is 11.8 Å². The maximum absolute atomic E-state index is 5.46. The predicted octanol–water partition coefficient (Wildman–Crippen LogP) is 1.97. The summed E-state index contributed by atoms with van der Waals surface area (Å²) >= 11 is 6.44. The second-order valence-corrected chi connectivity index (χ2v) is 8.38. The Morgan fingerprint density at radius 2 is 1.36 bits per heavy atom. The molecule has 0 aromatic carbocycles. The molecule has 0 bridgehead atoms. The third kappa shape index (κ3) is 12.6. The summed E-state index contributed by atoms with van der Waals surface area (Å²) in [5.74, 6) is 3.06. The molecule has 0 aromatic rings. The van der Waals surface area contributed by atoms with E-state index in [1.165, 1.54) is 77.0 Å². The molecule has 0 atom stereocenters. The van der Waals surface area contributed by atoms with Crippen molar-refractivity contribution in [3.63, 3.8) is 0 Å². The summed E-state index contributed by atoms with van der Waals surface area (Å²) in [7, 11) is 0. The van der Waals surface area contributed by atoms with Crippen molar-refractivity contribution in [1.82, 2.24) is 0 Å². The Labute approximate surface area is 171 Å². The van der Waals surface area contributed by atoms with E-state index < -0.39 is 0 Å². The third-order valence-electron chi connectivity index (χ3n) is 4.79. The van der Waals surface area contributed by atoms with Crippen LogP contribution in [0.25, 0.3) is 0 Å². The minimum absolute atomic E-state index is 0. The van der Waals surface area contributed by atoms with Crippen LogP contribution in [0.2, 0.25) is 0 Å². The first-order valence-electron chi connectivity index (χ1n) is 8.84. The Hall–Kier alpha value is 1.20. The molecule has 0 spiro atoms. The number of hydrogen-bond donors (Lipinski definition) is 2. The number of hydrogen-bond acceptors (Lipinski definition) is 3. The normalized spacial score (nSPS) is 19.7. The van der Waals surface area contributed by atoms with Gasteiger partial charge in [-0.2, -0.15) is 0 Å². The fraction of sp³-hybridized carbons (Fsp3) is 0.941. The Balaban J connectivity index is 0. The first-order valence-corrected chi connectivity index (χ1v) is 10.2. The van der Waals surface area contributed by atoms with Crippen molar-refractivity contribution in [2.45, 2.75) is 77.0 Å². The summed E-state index contributed by atoms with van der Waals surface area (Å²) in [6.07, 6.45) is 17.0. The molecule has 0 unspecified atom stereocenters. The van der Waals surface area contributed by atoms with Crippen molar-refractivity contribution in [3.8, 4) is 0 Å². The van der Waals surface area contributed by atoms with Crippen molar-refractivity contribution >= 4 is 28.3 Å². The van der Waals surface area contributed by atoms with Crippen LogP contribution in [-0.2, 0) is 0 Å². The molecule has 2 nitrogen and oxygen atoms in total. The molecule has 2 aliphatic carbocycles. The third-order valence-corrected chi connectivity index (χ3v) is 5.87. The van der Waals surface area contributed by atoms with Gasteiger partial charge in [0.2, 0.25) is 0 Å². The van der Waals surface area contributed by atoms with E-state index in [2.05, 4.69) is 0 Å². The number of nitrogens with two attached hydrogens (primary N) is 2. The molecule has 2 saturated carbocycles. The predicted molar refractivity (Wildman–Crippen MR) is 102 cm³/mol. The van der Waals surface area contributed by atoms with Gasteiger partial charge in [-0.15, -0.1) is 0 Å². The zero-order chi connectivity index (χ0) is 15.3. The molecule has 2 rings (SSSR count). The summed E-state index contributed by atoms with van der Waals surface area (Å²) in [4.78, 5) is 0. The van der Waals surface area contributed by atoms with Crippen LogP contribution in [0.4, 0.5) is 0 Å². The van der Waals surface area contributed by atoms with Gasteiger partial charge in [0, 0.05) is 5.75 Å². The van der Waals surface area contributed by atoms with Crippen LogP contribution in [0, 0.1) is 11.8 Å². The van der Waals surface area contributed by atoms with E-state index in [9.17, 15) is 0 Å². The van der Waals surface area contributed by atoms with E-state index in [0.29, 0.717) is 4.32 Å². The second kappa shape index (κ2) is 15.7. The zero-order valence-corrected chi connectivity index (χ0v) is 18.2. The Bertz CT molecular complexity index is 269. The van der Waals surface area contributed by atoms with Gasteiger partial charge in [0.15, 0.2) is 0 Å². The standard InChI is InChI=1S/C9H17NS2.C8H17N.Na.H/c10-9(11)12-7-6-8-4-2-1-3-5-8;9-7-6-8-4-2-1-3-5-8;;/h8H,1-7H2,(H2,10,11);8H,1-7,9H2;;/q;;+1;-1. The van der Waals surface area contributed by atoms with Gasteiger partial charge in [0.05, 0.1) is 0 Å². The van der Waals surface area contributed by atoms with Gasteiger partial charge in [0.25, 0.3) is 0 Å². The molecule has 0 radical (unpaired) electrons. The summed E-state index contributed by atoms with van der Waals surface area (Å²) in [6, 6.07) is 0. The van der Waals surface area contributed by atoms with E-state index in [4.69, 9.17) is 23.7 Å². The maximum Gasteiger partial charge on any atom is 1.00 e. The van der Waals surface area contributed by atoms with Gasteiger partial charge in [-0.05, 0) is 31.2 Å². The number of thioether (sulfide) groups is 1. The molecular weight excluding hydrogens is 319 g/mol. The molecule has 0 aliphatic heterocycles. The minimum atomic E-state index is 0. The van der Waals surface area contributed by atoms with Crippen LogP contribution in [0.5, 0.6) is 0 Å². The molecule has 0 aromatic heterocycles. The SMILES string of the molecule is NC(=S)SCCC1CCCCC1.NCCC1CCCCC1.[H-].[Na+]. The van der Waals surface area contributed by atoms with Gasteiger partial charge in [0.1, 0.15) is 4.32 Å². The molecule has 0 amide bonds. The van der Waals surface area contributed by atoms with Crippen molar-refractivity contribution < 1.29 is 31.0 Å². The summed E-state index contributed by atoms with van der Waals surface area (Å²) in [5, 5.41) is 0. The van der Waals surface area contributed by atoms with E-state index in [0.717, 1.165) is 24.1 Å². The average molecular weight is 355 g/mol. The largest absolute Gasteiger partial charge is 1.00 e. The maximum atomic E-state index is 5.46. The van der Waals surface area contributed by atoms with Crippen molar-refractivity contribution in [1.29, 1.82) is 0 Å². The molecular formula is C17H35N2NaS2. The smallest absolute Gasteiger partial charge is 1.00 e. The van der Waals surface area contributed by atoms with E-state index >= 15 is 0 Å². The summed E-state index contributed by atoms with van der Waals surface area (Å²) < 4.78 is 0.603. The van der Waals surface area contributed by atoms with Crippen molar-refractivity contribution in [2.75, 3.05) is 12.3 Å². The Kier molecular flexibility index (Phi) is 16.6. The number of thiocarbonyl (C=S) groups is 1. The average Bonchev–Trinajstić information content (AvgIpc) is 2.50. The Morgan fingerprint density at radius 3 is 1.77 bits per heavy atom. The summed E-state index contributed by atoms with van der Waals surface area (Å²) in [5.41, 5.74) is 10.9. The minimum Gasteiger partial charge on any atom is -1.00 e. The first kappa shape index (κ1) is 23.2. The Morgan fingerprint density at radius 1 is 0.909 bits per heavy atom. The van der Waals surface area contributed by atoms with Crippen LogP contribution in [0.3, 0.4) is 0 Å². The fourth-order valence-corrected chi connectivity index (χ4v) is 4.42. The summed E-state index contributed by atoms with van der Waals surface area (Å²) in [6.45, 7) is 0.894. The zero-order valence-electron chi connectivity index (χ0n) is 15.5. The molecule has 4 N–H and O–H groups in total. The molecule has 0 saturated heterocycles. The van der Waals surface area contributed by atoms with Gasteiger partial charge < -0.3 is 12.9 Å². The van der Waals surface area contributed by atoms with Gasteiger partial charge in [-0.3, -0.25) is 0 Å². The van der Waals surface area contributed by atoms with Gasteiger partial charge >= 0.3 is 29.6 Å². The van der Waals surface area contributed by atoms with Crippen LogP contribution >= 0.6 is 24.0 Å². The van der Waals surface area contributed by atoms with Crippen LogP contribution in [-0.4, -0.2) is 16.6 Å². The molecule has 126 valence electrons. The molecule has 22 heavy (non-hydrogen) atoms. The molecule has 2 aliphatic rings. The molecule has 2 fully saturated rings. The second-order valence-electron chi connectivity index (χ2n) is 6.54. The van der Waals surface area contributed by atoms with E-state index in [-0.39, 0.29) is 31.0 Å². The van der Waals surface area contributed by atoms with Gasteiger partial charge in [-0.25, -0.2) is 0 Å². The topological polar surface area (TPSA) is 52.0 Å². The molecule has 0 heterocycles. The van der Waals surface area contributed by atoms with Crippen LogP contribution in [0.1, 0.15) is 78.5 Å². The quantitative estimate of drug-likeness (QED) is 0.585. The van der Waals surface area contributed by atoms with Crippen molar-refractivity contribution in [3.05, 3.63) is 0 Å². The fourth-order valence-electron chi connectivity index (χ4n) is 3.51. The molecule has 5 heteroatoms. The van der Waals surface area contributed by atoms with Gasteiger partial charge in [-0.1, -0.05) is 88.2 Å². The monoisotopic (exact) mass is 354 g/mol. The van der Waals surface area contributed by atoms with Crippen LogP contribution < -0.4 is 41.0 Å². The number of rotatable bonds is 5. The van der Waals surface area contributed by atoms with Crippen LogP contribution in [0.15, 0.2) is 0 Å². The van der Waals surface area contributed by atoms with Crippen molar-refractivity contribution in [2.24, 2.45) is 23.3 Å². The van der Waals surface area contributed by atoms with E-state index in [1.807, 2.05) is 0 Å².